The van der Waals surface area contributed by atoms with Crippen LogP contribution in [0.5, 0.6) is 0 Å². The van der Waals surface area contributed by atoms with Crippen molar-refractivity contribution in [3.05, 3.63) is 45.3 Å². The fourth-order valence-corrected chi connectivity index (χ4v) is 2.59. The molecule has 0 spiro atoms. The Morgan fingerprint density at radius 1 is 1.19 bits per heavy atom. The summed E-state index contributed by atoms with van der Waals surface area (Å²) in [6.07, 6.45) is 1.36. The summed E-state index contributed by atoms with van der Waals surface area (Å²) < 4.78 is 0. The number of rotatable bonds is 4. The lowest BCUT2D eigenvalue weighted by Gasteiger charge is -2.12. The SMILES string of the molecule is CCNc1ncnc(-c2c(C)cc(C)cc2C)c1[N+](=O)[O-]. The van der Waals surface area contributed by atoms with Gasteiger partial charge in [0.2, 0.25) is 5.82 Å². The normalized spacial score (nSPS) is 10.5. The van der Waals surface area contributed by atoms with E-state index in [0.717, 1.165) is 22.3 Å². The predicted molar refractivity (Wildman–Crippen MR) is 82.5 cm³/mol. The van der Waals surface area contributed by atoms with E-state index in [-0.39, 0.29) is 11.5 Å². The summed E-state index contributed by atoms with van der Waals surface area (Å²) in [5.74, 6) is 0.256. The molecule has 1 aromatic carbocycles. The summed E-state index contributed by atoms with van der Waals surface area (Å²) >= 11 is 0. The van der Waals surface area contributed by atoms with E-state index >= 15 is 0 Å². The number of aryl methyl sites for hydroxylation is 3. The summed E-state index contributed by atoms with van der Waals surface area (Å²) in [6.45, 7) is 8.31. The molecule has 0 bridgehead atoms. The van der Waals surface area contributed by atoms with Gasteiger partial charge >= 0.3 is 5.69 Å². The third-order valence-corrected chi connectivity index (χ3v) is 3.26. The summed E-state index contributed by atoms with van der Waals surface area (Å²) in [5, 5.41) is 14.4. The van der Waals surface area contributed by atoms with Crippen molar-refractivity contribution in [1.29, 1.82) is 0 Å². The highest BCUT2D eigenvalue weighted by atomic mass is 16.6. The van der Waals surface area contributed by atoms with Gasteiger partial charge in [-0.1, -0.05) is 17.7 Å². The molecule has 0 saturated heterocycles. The van der Waals surface area contributed by atoms with Crippen molar-refractivity contribution < 1.29 is 4.92 Å². The van der Waals surface area contributed by atoms with Crippen LogP contribution in [0, 0.1) is 30.9 Å². The van der Waals surface area contributed by atoms with Gasteiger partial charge in [-0.25, -0.2) is 9.97 Å². The van der Waals surface area contributed by atoms with Crippen LogP contribution in [-0.2, 0) is 0 Å². The first-order valence-electron chi connectivity index (χ1n) is 6.77. The van der Waals surface area contributed by atoms with Crippen molar-refractivity contribution in [2.24, 2.45) is 0 Å². The number of hydrogen-bond acceptors (Lipinski definition) is 5. The molecule has 6 nitrogen and oxygen atoms in total. The topological polar surface area (TPSA) is 81.0 Å². The van der Waals surface area contributed by atoms with Crippen LogP contribution in [0.25, 0.3) is 11.3 Å². The van der Waals surface area contributed by atoms with Crippen LogP contribution in [0.1, 0.15) is 23.6 Å². The molecule has 0 radical (unpaired) electrons. The Morgan fingerprint density at radius 2 is 1.81 bits per heavy atom. The second-order valence-electron chi connectivity index (χ2n) is 4.98. The molecule has 0 fully saturated rings. The van der Waals surface area contributed by atoms with Gasteiger partial charge in [0, 0.05) is 12.1 Å². The van der Waals surface area contributed by atoms with Crippen LogP contribution in [0.2, 0.25) is 0 Å². The first-order valence-corrected chi connectivity index (χ1v) is 6.77. The first-order chi connectivity index (χ1) is 9.95. The molecule has 1 N–H and O–H groups in total. The minimum absolute atomic E-state index is 0.0746. The van der Waals surface area contributed by atoms with Crippen LogP contribution < -0.4 is 5.32 Å². The number of benzene rings is 1. The number of hydrogen-bond donors (Lipinski definition) is 1. The third-order valence-electron chi connectivity index (χ3n) is 3.26. The minimum atomic E-state index is -0.425. The Labute approximate surface area is 123 Å². The van der Waals surface area contributed by atoms with E-state index < -0.39 is 4.92 Å². The molecule has 1 heterocycles. The summed E-state index contributed by atoms with van der Waals surface area (Å²) in [6, 6.07) is 4.00. The fourth-order valence-electron chi connectivity index (χ4n) is 2.59. The predicted octanol–water partition coefficient (Wildman–Crippen LogP) is 3.41. The van der Waals surface area contributed by atoms with Crippen LogP contribution in [0.4, 0.5) is 11.5 Å². The fraction of sp³-hybridized carbons (Fsp3) is 0.333. The highest BCUT2D eigenvalue weighted by molar-refractivity contribution is 5.80. The number of nitrogens with zero attached hydrogens (tertiary/aromatic N) is 3. The Balaban J connectivity index is 2.75. The molecule has 6 heteroatoms. The van der Waals surface area contributed by atoms with E-state index in [1.54, 1.807) is 0 Å². The van der Waals surface area contributed by atoms with Crippen molar-refractivity contribution >= 4 is 11.5 Å². The molecule has 2 aromatic rings. The van der Waals surface area contributed by atoms with Crippen LogP contribution in [0.3, 0.4) is 0 Å². The molecule has 2 rings (SSSR count). The molecule has 0 aliphatic carbocycles. The molecule has 21 heavy (non-hydrogen) atoms. The van der Waals surface area contributed by atoms with Gasteiger partial charge in [0.05, 0.1) is 4.92 Å². The molecule has 0 aliphatic heterocycles. The zero-order valence-electron chi connectivity index (χ0n) is 12.6. The van der Waals surface area contributed by atoms with Gasteiger partial charge in [-0.15, -0.1) is 0 Å². The Hall–Kier alpha value is -2.50. The molecule has 1 aromatic heterocycles. The Kier molecular flexibility index (Phi) is 4.16. The molecule has 0 aliphatic rings. The minimum Gasteiger partial charge on any atom is -0.365 e. The maximum Gasteiger partial charge on any atom is 0.337 e. The van der Waals surface area contributed by atoms with Gasteiger partial charge in [-0.3, -0.25) is 10.1 Å². The standard InChI is InChI=1S/C15H18N4O2/c1-5-16-15-14(19(20)21)13(17-8-18-15)12-10(3)6-9(2)7-11(12)4/h6-8H,5H2,1-4H3,(H,16,17,18). The molecule has 110 valence electrons. The number of nitro groups is 1. The molecule has 0 amide bonds. The lowest BCUT2D eigenvalue weighted by molar-refractivity contribution is -0.383. The van der Waals surface area contributed by atoms with E-state index in [1.165, 1.54) is 6.33 Å². The average Bonchev–Trinajstić information content (AvgIpc) is 2.37. The maximum atomic E-state index is 11.5. The van der Waals surface area contributed by atoms with E-state index in [4.69, 9.17) is 0 Å². The van der Waals surface area contributed by atoms with Gasteiger partial charge in [0.15, 0.2) is 5.69 Å². The van der Waals surface area contributed by atoms with Crippen molar-refractivity contribution in [1.82, 2.24) is 9.97 Å². The van der Waals surface area contributed by atoms with Crippen LogP contribution in [0.15, 0.2) is 18.5 Å². The summed E-state index contributed by atoms with van der Waals surface area (Å²) in [4.78, 5) is 19.2. The highest BCUT2D eigenvalue weighted by Gasteiger charge is 2.25. The Morgan fingerprint density at radius 3 is 2.33 bits per heavy atom. The van der Waals surface area contributed by atoms with Crippen LogP contribution in [-0.4, -0.2) is 21.4 Å². The lowest BCUT2D eigenvalue weighted by atomic mass is 9.96. The van der Waals surface area contributed by atoms with Gasteiger partial charge in [-0.05, 0) is 38.8 Å². The zero-order chi connectivity index (χ0) is 15.6. The van der Waals surface area contributed by atoms with E-state index in [1.807, 2.05) is 39.8 Å². The monoisotopic (exact) mass is 286 g/mol. The smallest absolute Gasteiger partial charge is 0.337 e. The van der Waals surface area contributed by atoms with Crippen molar-refractivity contribution in [3.63, 3.8) is 0 Å². The van der Waals surface area contributed by atoms with Crippen molar-refractivity contribution in [3.8, 4) is 11.3 Å². The van der Waals surface area contributed by atoms with E-state index in [2.05, 4.69) is 15.3 Å². The van der Waals surface area contributed by atoms with E-state index in [0.29, 0.717) is 12.2 Å². The van der Waals surface area contributed by atoms with Crippen molar-refractivity contribution in [2.75, 3.05) is 11.9 Å². The molecular formula is C15H18N4O2. The second kappa shape index (κ2) is 5.87. The Bertz CT molecular complexity index is 675. The van der Waals surface area contributed by atoms with Crippen molar-refractivity contribution in [2.45, 2.75) is 27.7 Å². The number of aromatic nitrogens is 2. The summed E-state index contributed by atoms with van der Waals surface area (Å²) in [7, 11) is 0. The largest absolute Gasteiger partial charge is 0.365 e. The number of nitrogens with one attached hydrogen (secondary N) is 1. The lowest BCUT2D eigenvalue weighted by Crippen LogP contribution is -2.07. The first kappa shape index (κ1) is 14.9. The van der Waals surface area contributed by atoms with Gasteiger partial charge in [0.1, 0.15) is 6.33 Å². The molecule has 0 unspecified atom stereocenters. The zero-order valence-corrected chi connectivity index (χ0v) is 12.6. The molecule has 0 saturated carbocycles. The van der Waals surface area contributed by atoms with Gasteiger partial charge in [0.25, 0.3) is 0 Å². The van der Waals surface area contributed by atoms with Crippen LogP contribution >= 0.6 is 0 Å². The molecule has 0 atom stereocenters. The third kappa shape index (κ3) is 2.84. The van der Waals surface area contributed by atoms with Gasteiger partial charge in [-0.2, -0.15) is 0 Å². The summed E-state index contributed by atoms with van der Waals surface area (Å²) in [5.41, 5.74) is 4.15. The second-order valence-corrected chi connectivity index (χ2v) is 4.98. The quantitative estimate of drug-likeness (QED) is 0.688. The van der Waals surface area contributed by atoms with E-state index in [9.17, 15) is 10.1 Å². The number of anilines is 1. The average molecular weight is 286 g/mol. The van der Waals surface area contributed by atoms with Gasteiger partial charge < -0.3 is 5.32 Å². The molecular weight excluding hydrogens is 268 g/mol. The highest BCUT2D eigenvalue weighted by Crippen LogP contribution is 2.36. The maximum absolute atomic E-state index is 11.5.